The van der Waals surface area contributed by atoms with E-state index >= 15 is 0 Å². The number of nitro benzene ring substituents is 1. The number of methoxy groups -OCH3 is 1. The van der Waals surface area contributed by atoms with Gasteiger partial charge in [0.2, 0.25) is 5.82 Å². The van der Waals surface area contributed by atoms with Crippen molar-refractivity contribution in [2.45, 2.75) is 12.5 Å². The van der Waals surface area contributed by atoms with E-state index in [1.54, 1.807) is 4.98 Å². The zero-order valence-corrected chi connectivity index (χ0v) is 15.1. The van der Waals surface area contributed by atoms with E-state index in [-0.39, 0.29) is 17.5 Å². The Kier molecular flexibility index (Phi) is 9.70. The summed E-state index contributed by atoms with van der Waals surface area (Å²) in [5, 5.41) is 18.9. The van der Waals surface area contributed by atoms with E-state index in [9.17, 15) is 28.9 Å². The van der Waals surface area contributed by atoms with Crippen LogP contribution in [0.15, 0.2) is 40.1 Å². The van der Waals surface area contributed by atoms with Crippen LogP contribution in [0.2, 0.25) is 0 Å². The molecule has 0 amide bonds. The van der Waals surface area contributed by atoms with Gasteiger partial charge in [-0.1, -0.05) is 0 Å². The van der Waals surface area contributed by atoms with Crippen molar-refractivity contribution in [1.29, 1.82) is 0 Å². The molecule has 2 aromatic rings. The number of aromatic nitrogens is 2. The molecule has 1 aromatic carbocycles. The minimum absolute atomic E-state index is 0.0674. The standard InChI is InChI=1S/C8H7NO5.C4H3FN2O2.C4H8O2/c1-13-8(10)14-7-4-2-6(3-5-7)9(11)12;5-2-1-6-4(9)7-3(2)8;5-4-1-2-6-3-4/h2-5H,1H3;1H,(H2,6,7,8,9);4-5H,1-3H2. The molecule has 13 heteroatoms. The third kappa shape index (κ3) is 9.25. The van der Waals surface area contributed by atoms with Gasteiger partial charge in [0, 0.05) is 24.9 Å². The maximum atomic E-state index is 12.0. The summed E-state index contributed by atoms with van der Waals surface area (Å²) in [5.41, 5.74) is -1.78. The summed E-state index contributed by atoms with van der Waals surface area (Å²) in [4.78, 5) is 44.4. The number of H-pyrrole nitrogens is 2. The summed E-state index contributed by atoms with van der Waals surface area (Å²) < 4.78 is 25.6. The average Bonchev–Trinajstić information content (AvgIpc) is 3.17. The first-order valence-electron chi connectivity index (χ1n) is 7.96. The molecule has 3 rings (SSSR count). The average molecular weight is 415 g/mol. The zero-order chi connectivity index (χ0) is 21.8. The molecule has 1 saturated heterocycles. The van der Waals surface area contributed by atoms with E-state index in [1.165, 1.54) is 31.4 Å². The SMILES string of the molecule is COC(=O)Oc1ccc([N+](=O)[O-])cc1.O=c1[nH]cc(F)c(=O)[nH]1.OC1CCOC1. The first-order chi connectivity index (χ1) is 13.7. The zero-order valence-electron chi connectivity index (χ0n) is 15.1. The lowest BCUT2D eigenvalue weighted by Crippen LogP contribution is -2.23. The lowest BCUT2D eigenvalue weighted by atomic mass is 10.3. The lowest BCUT2D eigenvalue weighted by Gasteiger charge is -2.00. The van der Waals surface area contributed by atoms with Gasteiger partial charge in [0.05, 0.1) is 24.7 Å². The van der Waals surface area contributed by atoms with Crippen molar-refractivity contribution >= 4 is 11.8 Å². The molecule has 1 fully saturated rings. The Morgan fingerprint density at radius 3 is 2.38 bits per heavy atom. The molecule has 158 valence electrons. The number of aromatic amines is 2. The Morgan fingerprint density at radius 2 is 2.00 bits per heavy atom. The van der Waals surface area contributed by atoms with Gasteiger partial charge in [-0.3, -0.25) is 19.9 Å². The van der Waals surface area contributed by atoms with Gasteiger partial charge in [-0.2, -0.15) is 4.39 Å². The molecule has 1 atom stereocenters. The molecule has 1 aliphatic heterocycles. The Morgan fingerprint density at radius 1 is 1.34 bits per heavy atom. The Balaban J connectivity index is 0.000000238. The minimum atomic E-state index is -1.00. The number of non-ortho nitro benzene ring substituents is 1. The predicted molar refractivity (Wildman–Crippen MR) is 95.2 cm³/mol. The summed E-state index contributed by atoms with van der Waals surface area (Å²) >= 11 is 0. The Bertz CT molecular complexity index is 905. The molecule has 29 heavy (non-hydrogen) atoms. The van der Waals surface area contributed by atoms with Crippen molar-refractivity contribution < 1.29 is 33.4 Å². The van der Waals surface area contributed by atoms with Crippen LogP contribution in [-0.2, 0) is 9.47 Å². The van der Waals surface area contributed by atoms with Gasteiger partial charge in [0.1, 0.15) is 5.75 Å². The van der Waals surface area contributed by atoms with Crippen LogP contribution in [0.25, 0.3) is 0 Å². The number of aliphatic hydroxyl groups is 1. The van der Waals surface area contributed by atoms with Crippen molar-refractivity contribution in [3.05, 3.63) is 67.2 Å². The van der Waals surface area contributed by atoms with Crippen LogP contribution in [0.3, 0.4) is 0 Å². The largest absolute Gasteiger partial charge is 0.513 e. The minimum Gasteiger partial charge on any atom is -0.437 e. The summed E-state index contributed by atoms with van der Waals surface area (Å²) in [5.74, 6) is -0.794. The van der Waals surface area contributed by atoms with Gasteiger partial charge >= 0.3 is 11.8 Å². The van der Waals surface area contributed by atoms with Gasteiger partial charge in [-0.05, 0) is 18.6 Å². The second kappa shape index (κ2) is 12.0. The fraction of sp³-hybridized carbons (Fsp3) is 0.312. The molecule has 3 N–H and O–H groups in total. The summed E-state index contributed by atoms with van der Waals surface area (Å²) in [6, 6.07) is 5.10. The van der Waals surface area contributed by atoms with Crippen LogP contribution >= 0.6 is 0 Å². The number of carbonyl (C=O) groups is 1. The van der Waals surface area contributed by atoms with E-state index < -0.39 is 28.1 Å². The highest BCUT2D eigenvalue weighted by Crippen LogP contribution is 2.17. The van der Waals surface area contributed by atoms with Crippen LogP contribution in [0, 0.1) is 15.9 Å². The van der Waals surface area contributed by atoms with E-state index in [2.05, 4.69) is 9.47 Å². The van der Waals surface area contributed by atoms with E-state index in [1.807, 2.05) is 4.98 Å². The molecule has 0 aliphatic carbocycles. The number of hydrogen-bond acceptors (Lipinski definition) is 9. The molecule has 0 radical (unpaired) electrons. The highest BCUT2D eigenvalue weighted by atomic mass is 19.1. The van der Waals surface area contributed by atoms with Crippen LogP contribution < -0.4 is 16.0 Å². The third-order valence-electron chi connectivity index (χ3n) is 3.10. The monoisotopic (exact) mass is 415 g/mol. The smallest absolute Gasteiger partial charge is 0.437 e. The van der Waals surface area contributed by atoms with Crippen molar-refractivity contribution in [3.63, 3.8) is 0 Å². The number of aliphatic hydroxyl groups excluding tert-OH is 1. The maximum absolute atomic E-state index is 12.0. The second-order valence-corrected chi connectivity index (χ2v) is 5.24. The van der Waals surface area contributed by atoms with Gasteiger partial charge in [-0.15, -0.1) is 0 Å². The highest BCUT2D eigenvalue weighted by Gasteiger charge is 2.09. The molecular weight excluding hydrogens is 397 g/mol. The number of hydrogen-bond donors (Lipinski definition) is 3. The Hall–Kier alpha value is -3.58. The highest BCUT2D eigenvalue weighted by molar-refractivity contribution is 5.63. The fourth-order valence-corrected chi connectivity index (χ4v) is 1.69. The number of nitrogens with one attached hydrogen (secondary N) is 2. The third-order valence-corrected chi connectivity index (χ3v) is 3.10. The first-order valence-corrected chi connectivity index (χ1v) is 7.96. The molecule has 2 heterocycles. The van der Waals surface area contributed by atoms with E-state index in [4.69, 9.17) is 9.84 Å². The Labute approximate surface area is 162 Å². The predicted octanol–water partition coefficient (Wildman–Crippen LogP) is 0.710. The summed E-state index contributed by atoms with van der Waals surface area (Å²) in [7, 11) is 1.17. The summed E-state index contributed by atoms with van der Waals surface area (Å²) in [6.45, 7) is 1.28. The maximum Gasteiger partial charge on any atom is 0.513 e. The second-order valence-electron chi connectivity index (χ2n) is 5.24. The van der Waals surface area contributed by atoms with Gasteiger partial charge in [0.25, 0.3) is 11.2 Å². The first kappa shape index (κ1) is 23.5. The topological polar surface area (TPSA) is 174 Å². The lowest BCUT2D eigenvalue weighted by molar-refractivity contribution is -0.384. The fourth-order valence-electron chi connectivity index (χ4n) is 1.69. The van der Waals surface area contributed by atoms with E-state index in [0.717, 1.165) is 13.0 Å². The van der Waals surface area contributed by atoms with Crippen molar-refractivity contribution in [2.24, 2.45) is 0 Å². The molecule has 1 unspecified atom stereocenters. The van der Waals surface area contributed by atoms with Gasteiger partial charge in [0.15, 0.2) is 0 Å². The van der Waals surface area contributed by atoms with Crippen molar-refractivity contribution in [3.8, 4) is 5.75 Å². The summed E-state index contributed by atoms with van der Waals surface area (Å²) in [6.07, 6.45) is 0.491. The molecule has 1 aromatic heterocycles. The molecular formula is C16H18FN3O9. The number of halogens is 1. The quantitative estimate of drug-likeness (QED) is 0.276. The number of ether oxygens (including phenoxy) is 3. The molecule has 1 aliphatic rings. The molecule has 0 spiro atoms. The molecule has 0 saturated carbocycles. The van der Waals surface area contributed by atoms with Gasteiger partial charge in [-0.25, -0.2) is 9.59 Å². The van der Waals surface area contributed by atoms with Crippen LogP contribution in [0.4, 0.5) is 14.9 Å². The van der Waals surface area contributed by atoms with Crippen molar-refractivity contribution in [1.82, 2.24) is 9.97 Å². The van der Waals surface area contributed by atoms with E-state index in [0.29, 0.717) is 12.8 Å². The van der Waals surface area contributed by atoms with Crippen LogP contribution in [0.1, 0.15) is 6.42 Å². The normalized spacial score (nSPS) is 14.5. The van der Waals surface area contributed by atoms with Crippen LogP contribution in [0.5, 0.6) is 5.75 Å². The van der Waals surface area contributed by atoms with Crippen LogP contribution in [-0.4, -0.2) is 52.6 Å². The van der Waals surface area contributed by atoms with Crippen molar-refractivity contribution in [2.75, 3.05) is 20.3 Å². The number of rotatable bonds is 2. The number of benzene rings is 1. The molecule has 0 bridgehead atoms. The van der Waals surface area contributed by atoms with Gasteiger partial charge < -0.3 is 24.3 Å². The number of nitrogens with zero attached hydrogens (tertiary/aromatic N) is 1. The molecule has 12 nitrogen and oxygen atoms in total. The number of carbonyl (C=O) groups excluding carboxylic acids is 1. The number of nitro groups is 1.